The zero-order chi connectivity index (χ0) is 10.7. The Kier molecular flexibility index (Phi) is 2.54. The molecule has 0 amide bonds. The summed E-state index contributed by atoms with van der Waals surface area (Å²) in [4.78, 5) is 10.3. The number of carboxylic acids is 1. The zero-order valence-electron chi connectivity index (χ0n) is 7.93. The van der Waals surface area contributed by atoms with Crippen LogP contribution >= 0.6 is 0 Å². The molecule has 0 aromatic heterocycles. The highest BCUT2D eigenvalue weighted by Gasteiger charge is 2.00. The fourth-order valence-electron chi connectivity index (χ4n) is 1.34. The molecular formula is C12H9O3. The van der Waals surface area contributed by atoms with E-state index in [0.717, 1.165) is 10.8 Å². The lowest BCUT2D eigenvalue weighted by Gasteiger charge is -2.04. The number of rotatable bonds is 3. The second-order valence-corrected chi connectivity index (χ2v) is 3.12. The van der Waals surface area contributed by atoms with Crippen LogP contribution < -0.4 is 4.74 Å². The molecular weight excluding hydrogens is 192 g/mol. The van der Waals surface area contributed by atoms with Crippen LogP contribution in [0.5, 0.6) is 5.75 Å². The fraction of sp³-hybridized carbons (Fsp3) is 0.0833. The molecule has 1 N–H and O–H groups in total. The van der Waals surface area contributed by atoms with Gasteiger partial charge in [-0.1, -0.05) is 18.2 Å². The summed E-state index contributed by atoms with van der Waals surface area (Å²) in [7, 11) is 0. The monoisotopic (exact) mass is 201 g/mol. The fourth-order valence-corrected chi connectivity index (χ4v) is 1.34. The third-order valence-corrected chi connectivity index (χ3v) is 2.02. The number of hydrogen-bond donors (Lipinski definition) is 1. The smallest absolute Gasteiger partial charge is 0.341 e. The Bertz CT molecular complexity index is 491. The lowest BCUT2D eigenvalue weighted by Crippen LogP contribution is -2.09. The van der Waals surface area contributed by atoms with Gasteiger partial charge in [-0.05, 0) is 35.0 Å². The standard InChI is InChI=1S/C12H9O3/c13-12(14)8-15-11-6-5-9-3-1-2-4-10(9)7-11/h2-7H,8H2,(H,13,14). The van der Waals surface area contributed by atoms with Crippen LogP contribution in [0.15, 0.2) is 36.4 Å². The second-order valence-electron chi connectivity index (χ2n) is 3.12. The van der Waals surface area contributed by atoms with E-state index in [1.54, 1.807) is 6.07 Å². The van der Waals surface area contributed by atoms with E-state index >= 15 is 0 Å². The molecule has 0 unspecified atom stereocenters. The molecule has 0 aliphatic rings. The van der Waals surface area contributed by atoms with Gasteiger partial charge in [-0.15, -0.1) is 0 Å². The van der Waals surface area contributed by atoms with E-state index in [4.69, 9.17) is 9.84 Å². The van der Waals surface area contributed by atoms with Crippen molar-refractivity contribution >= 4 is 16.7 Å². The molecule has 0 aliphatic carbocycles. The average Bonchev–Trinajstić information content (AvgIpc) is 2.26. The lowest BCUT2D eigenvalue weighted by molar-refractivity contribution is -0.139. The molecule has 15 heavy (non-hydrogen) atoms. The average molecular weight is 201 g/mol. The number of ether oxygens (including phenoxy) is 1. The van der Waals surface area contributed by atoms with E-state index in [9.17, 15) is 4.79 Å². The topological polar surface area (TPSA) is 46.5 Å². The van der Waals surface area contributed by atoms with Crippen LogP contribution in [-0.2, 0) is 4.79 Å². The maximum Gasteiger partial charge on any atom is 0.341 e. The van der Waals surface area contributed by atoms with Gasteiger partial charge in [-0.25, -0.2) is 4.79 Å². The number of hydrogen-bond acceptors (Lipinski definition) is 2. The highest BCUT2D eigenvalue weighted by molar-refractivity contribution is 5.83. The van der Waals surface area contributed by atoms with E-state index in [2.05, 4.69) is 6.07 Å². The van der Waals surface area contributed by atoms with Crippen molar-refractivity contribution in [1.29, 1.82) is 0 Å². The number of benzene rings is 2. The van der Waals surface area contributed by atoms with Crippen LogP contribution in [0.25, 0.3) is 10.8 Å². The number of aliphatic carboxylic acids is 1. The summed E-state index contributed by atoms with van der Waals surface area (Å²) in [6.45, 7) is -0.315. The molecule has 0 aliphatic heterocycles. The third-order valence-electron chi connectivity index (χ3n) is 2.02. The summed E-state index contributed by atoms with van der Waals surface area (Å²) in [5.41, 5.74) is 0. The van der Waals surface area contributed by atoms with E-state index in [0.29, 0.717) is 5.75 Å². The first-order valence-corrected chi connectivity index (χ1v) is 4.50. The lowest BCUT2D eigenvalue weighted by atomic mass is 10.1. The molecule has 75 valence electrons. The van der Waals surface area contributed by atoms with Gasteiger partial charge in [0.15, 0.2) is 6.61 Å². The molecule has 2 aromatic carbocycles. The predicted molar refractivity (Wildman–Crippen MR) is 55.9 cm³/mol. The highest BCUT2D eigenvalue weighted by Crippen LogP contribution is 2.20. The van der Waals surface area contributed by atoms with Crippen molar-refractivity contribution in [3.63, 3.8) is 0 Å². The van der Waals surface area contributed by atoms with Gasteiger partial charge in [0.05, 0.1) is 0 Å². The number of fused-ring (bicyclic) bond motifs is 1. The summed E-state index contributed by atoms with van der Waals surface area (Å²) >= 11 is 0. The Morgan fingerprint density at radius 1 is 1.33 bits per heavy atom. The normalized spacial score (nSPS) is 10.1. The maximum atomic E-state index is 10.3. The van der Waals surface area contributed by atoms with Crippen LogP contribution in [0.3, 0.4) is 0 Å². The molecule has 2 aromatic rings. The van der Waals surface area contributed by atoms with Crippen LogP contribution in [0, 0.1) is 6.07 Å². The van der Waals surface area contributed by atoms with Crippen molar-refractivity contribution in [2.24, 2.45) is 0 Å². The van der Waals surface area contributed by atoms with Gasteiger partial charge < -0.3 is 9.84 Å². The summed E-state index contributed by atoms with van der Waals surface area (Å²) in [5.74, 6) is -0.410. The molecule has 0 spiro atoms. The first-order valence-electron chi connectivity index (χ1n) is 4.50. The summed E-state index contributed by atoms with van der Waals surface area (Å²) in [6, 6.07) is 14.0. The van der Waals surface area contributed by atoms with E-state index < -0.39 is 5.97 Å². The summed E-state index contributed by atoms with van der Waals surface area (Å²) in [5, 5.41) is 10.5. The molecule has 0 bridgehead atoms. The van der Waals surface area contributed by atoms with Crippen LogP contribution in [0.2, 0.25) is 0 Å². The van der Waals surface area contributed by atoms with E-state index in [-0.39, 0.29) is 6.61 Å². The van der Waals surface area contributed by atoms with Crippen LogP contribution in [0.4, 0.5) is 0 Å². The van der Waals surface area contributed by atoms with Gasteiger partial charge in [0, 0.05) is 0 Å². The molecule has 0 heterocycles. The molecule has 3 heteroatoms. The van der Waals surface area contributed by atoms with Crippen LogP contribution in [-0.4, -0.2) is 17.7 Å². The Labute approximate surface area is 86.9 Å². The van der Waals surface area contributed by atoms with Crippen molar-refractivity contribution in [2.45, 2.75) is 0 Å². The van der Waals surface area contributed by atoms with Gasteiger partial charge in [-0.3, -0.25) is 0 Å². The van der Waals surface area contributed by atoms with E-state index in [1.165, 1.54) is 0 Å². The van der Waals surface area contributed by atoms with Crippen molar-refractivity contribution in [1.82, 2.24) is 0 Å². The largest absolute Gasteiger partial charge is 0.482 e. The van der Waals surface area contributed by atoms with Gasteiger partial charge >= 0.3 is 5.97 Å². The van der Waals surface area contributed by atoms with Gasteiger partial charge in [0.2, 0.25) is 0 Å². The predicted octanol–water partition coefficient (Wildman–Crippen LogP) is 2.10. The van der Waals surface area contributed by atoms with Crippen LogP contribution in [0.1, 0.15) is 0 Å². The molecule has 0 atom stereocenters. The number of carboxylic acid groups (broad SMARTS) is 1. The minimum absolute atomic E-state index is 0.315. The van der Waals surface area contributed by atoms with Crippen molar-refractivity contribution in [2.75, 3.05) is 6.61 Å². The Balaban J connectivity index is 2.26. The van der Waals surface area contributed by atoms with Crippen molar-refractivity contribution in [3.05, 3.63) is 42.5 Å². The zero-order valence-corrected chi connectivity index (χ0v) is 7.93. The Hall–Kier alpha value is -2.03. The minimum Gasteiger partial charge on any atom is -0.482 e. The molecule has 0 saturated heterocycles. The van der Waals surface area contributed by atoms with Gasteiger partial charge in [-0.2, -0.15) is 0 Å². The molecule has 0 saturated carbocycles. The number of carbonyl (C=O) groups is 1. The second kappa shape index (κ2) is 4.00. The first-order chi connectivity index (χ1) is 7.25. The minimum atomic E-state index is -0.975. The summed E-state index contributed by atoms with van der Waals surface area (Å²) in [6.07, 6.45) is 0. The van der Waals surface area contributed by atoms with Gasteiger partial charge in [0.1, 0.15) is 5.75 Å². The summed E-state index contributed by atoms with van der Waals surface area (Å²) < 4.78 is 5.07. The molecule has 2 rings (SSSR count). The van der Waals surface area contributed by atoms with Crippen molar-refractivity contribution in [3.8, 4) is 5.75 Å². The molecule has 1 radical (unpaired) electrons. The quantitative estimate of drug-likeness (QED) is 0.827. The van der Waals surface area contributed by atoms with Crippen molar-refractivity contribution < 1.29 is 14.6 Å². The molecule has 0 fully saturated rings. The molecule has 3 nitrogen and oxygen atoms in total. The maximum absolute atomic E-state index is 10.3. The first kappa shape index (κ1) is 9.52. The van der Waals surface area contributed by atoms with Gasteiger partial charge in [0.25, 0.3) is 0 Å². The Morgan fingerprint density at radius 2 is 2.20 bits per heavy atom. The Morgan fingerprint density at radius 3 is 3.00 bits per heavy atom. The van der Waals surface area contributed by atoms with E-state index in [1.807, 2.05) is 30.3 Å². The highest BCUT2D eigenvalue weighted by atomic mass is 16.5. The third kappa shape index (κ3) is 2.26. The SMILES string of the molecule is O=C(O)COc1ccc2c[c]ccc2c1.